The van der Waals surface area contributed by atoms with Crippen LogP contribution in [0.2, 0.25) is 0 Å². The van der Waals surface area contributed by atoms with Crippen molar-refractivity contribution in [3.8, 4) is 0 Å². The van der Waals surface area contributed by atoms with E-state index in [0.717, 1.165) is 15.2 Å². The molecule has 10 heteroatoms. The van der Waals surface area contributed by atoms with Crippen LogP contribution in [0.1, 0.15) is 57.2 Å². The molecule has 1 aromatic heterocycles. The highest BCUT2D eigenvalue weighted by Gasteiger charge is 2.59. The molecule has 1 aromatic carbocycles. The molecule has 36 heavy (non-hydrogen) atoms. The summed E-state index contributed by atoms with van der Waals surface area (Å²) in [5.74, 6) is -4.43. The molecule has 0 aliphatic carbocycles. The monoisotopic (exact) mass is 523 g/mol. The van der Waals surface area contributed by atoms with E-state index >= 15 is 4.39 Å². The molecule has 7 atom stereocenters. The minimum absolute atomic E-state index is 0.0295. The number of fused-ring (bicyclic) bond motifs is 2. The second-order valence-electron chi connectivity index (χ2n) is 10.6. The smallest absolute Gasteiger partial charge is 0.309 e. The fourth-order valence-corrected chi connectivity index (χ4v) is 5.57. The summed E-state index contributed by atoms with van der Waals surface area (Å²) in [4.78, 5) is 30.6. The Bertz CT molecular complexity index is 1140. The third kappa shape index (κ3) is 5.47. The summed E-state index contributed by atoms with van der Waals surface area (Å²) in [6, 6.07) is 5.50. The van der Waals surface area contributed by atoms with Crippen molar-refractivity contribution in [2.24, 2.45) is 17.3 Å². The number of hydrogen-bond acceptors (Lipinski definition) is 9. The molecule has 3 heterocycles. The van der Waals surface area contributed by atoms with Gasteiger partial charge in [0.15, 0.2) is 0 Å². The number of aliphatic hydroxyl groups is 2. The van der Waals surface area contributed by atoms with E-state index in [1.165, 1.54) is 0 Å². The summed E-state index contributed by atoms with van der Waals surface area (Å²) >= 11 is 1.54. The maximum atomic E-state index is 15.2. The van der Waals surface area contributed by atoms with E-state index in [1.807, 2.05) is 25.1 Å². The van der Waals surface area contributed by atoms with Crippen LogP contribution in [-0.2, 0) is 23.8 Å². The number of esters is 1. The number of aliphatic hydroxyl groups excluding tert-OH is 2. The van der Waals surface area contributed by atoms with Gasteiger partial charge in [0.2, 0.25) is 0 Å². The van der Waals surface area contributed by atoms with Gasteiger partial charge < -0.3 is 24.4 Å². The van der Waals surface area contributed by atoms with Gasteiger partial charge in [0.1, 0.15) is 24.6 Å². The van der Waals surface area contributed by atoms with E-state index in [2.05, 4.69) is 4.98 Å². The van der Waals surface area contributed by atoms with Crippen LogP contribution in [0.15, 0.2) is 18.2 Å². The predicted octanol–water partition coefficient (Wildman–Crippen LogP) is 3.65. The SMILES string of the molecule is Cc1nc2cc([C@@H]3C[C@@H]4O[C@]4(F)COC[C@H](C)[C@H](O)[C@@H](C)C(=O)C(C)(C)[C@@H](O)CC(=O)O3)ccc2s1. The van der Waals surface area contributed by atoms with Crippen molar-refractivity contribution in [3.63, 3.8) is 0 Å². The van der Waals surface area contributed by atoms with E-state index in [1.54, 1.807) is 39.0 Å². The standard InChI is InChI=1S/C26H34FNO7S/c1-13-11-33-12-26(27)21(35-26)9-18(16-6-7-19-17(8-16)28-15(3)36-19)34-22(30)10-20(29)25(4,5)24(32)14(2)23(13)31/h6-8,13-14,18,20-21,23,29,31H,9-12H2,1-5H3/t13-,14+,18-,20-,21-,23-,26+/m0/s1. The molecule has 0 spiro atoms. The molecule has 0 amide bonds. The predicted molar refractivity (Wildman–Crippen MR) is 131 cm³/mol. The number of aryl methyl sites for hydroxylation is 1. The van der Waals surface area contributed by atoms with Gasteiger partial charge in [0, 0.05) is 18.3 Å². The number of epoxide rings is 1. The van der Waals surface area contributed by atoms with Crippen LogP contribution in [0.4, 0.5) is 4.39 Å². The highest BCUT2D eigenvalue weighted by Crippen LogP contribution is 2.45. The molecule has 2 fully saturated rings. The van der Waals surface area contributed by atoms with Crippen LogP contribution in [0, 0.1) is 24.2 Å². The number of alkyl halides is 1. The van der Waals surface area contributed by atoms with Crippen molar-refractivity contribution in [1.82, 2.24) is 4.98 Å². The van der Waals surface area contributed by atoms with Crippen LogP contribution in [0.25, 0.3) is 10.2 Å². The topological polar surface area (TPSA) is 118 Å². The lowest BCUT2D eigenvalue weighted by molar-refractivity contribution is -0.156. The van der Waals surface area contributed by atoms with Gasteiger partial charge in [-0.3, -0.25) is 9.59 Å². The first-order valence-electron chi connectivity index (χ1n) is 12.2. The van der Waals surface area contributed by atoms with Gasteiger partial charge in [0.05, 0.1) is 45.9 Å². The summed E-state index contributed by atoms with van der Waals surface area (Å²) in [5.41, 5.74) is 0.0753. The molecule has 4 rings (SSSR count). The first-order valence-corrected chi connectivity index (χ1v) is 13.0. The molecule has 2 aliphatic heterocycles. The van der Waals surface area contributed by atoms with Crippen molar-refractivity contribution < 1.29 is 38.4 Å². The number of ketones is 1. The average Bonchev–Trinajstić information content (AvgIpc) is 3.28. The lowest BCUT2D eigenvalue weighted by Gasteiger charge is -2.34. The van der Waals surface area contributed by atoms with E-state index in [4.69, 9.17) is 14.2 Å². The van der Waals surface area contributed by atoms with Crippen molar-refractivity contribution in [2.75, 3.05) is 13.2 Å². The minimum Gasteiger partial charge on any atom is -0.457 e. The molecule has 0 radical (unpaired) electrons. The number of cyclic esters (lactones) is 1. The second kappa shape index (κ2) is 10.1. The van der Waals surface area contributed by atoms with Crippen molar-refractivity contribution in [1.29, 1.82) is 0 Å². The number of nitrogens with zero attached hydrogens (tertiary/aromatic N) is 1. The number of hydrogen-bond donors (Lipinski definition) is 2. The maximum absolute atomic E-state index is 15.2. The van der Waals surface area contributed by atoms with Crippen LogP contribution >= 0.6 is 11.3 Å². The lowest BCUT2D eigenvalue weighted by atomic mass is 9.73. The summed E-state index contributed by atoms with van der Waals surface area (Å²) in [5, 5.41) is 22.4. The maximum Gasteiger partial charge on any atom is 0.309 e. The number of halogens is 1. The summed E-state index contributed by atoms with van der Waals surface area (Å²) in [7, 11) is 0. The number of ether oxygens (including phenoxy) is 3. The molecule has 2 aromatic rings. The minimum atomic E-state index is -2.03. The van der Waals surface area contributed by atoms with Gasteiger partial charge in [-0.25, -0.2) is 9.37 Å². The van der Waals surface area contributed by atoms with Crippen LogP contribution < -0.4 is 0 Å². The van der Waals surface area contributed by atoms with E-state index < -0.39 is 59.9 Å². The Kier molecular flexibility index (Phi) is 7.56. The van der Waals surface area contributed by atoms with Gasteiger partial charge >= 0.3 is 5.97 Å². The van der Waals surface area contributed by atoms with Crippen molar-refractivity contribution >= 4 is 33.3 Å². The van der Waals surface area contributed by atoms with Gasteiger partial charge in [-0.2, -0.15) is 0 Å². The zero-order valence-electron chi connectivity index (χ0n) is 21.2. The average molecular weight is 524 g/mol. The third-order valence-electron chi connectivity index (χ3n) is 7.37. The largest absolute Gasteiger partial charge is 0.457 e. The second-order valence-corrected chi connectivity index (χ2v) is 11.9. The molecular formula is C26H34FNO7S. The molecule has 0 unspecified atom stereocenters. The molecule has 2 N–H and O–H groups in total. The number of rotatable bonds is 1. The molecule has 0 saturated carbocycles. The number of carbonyl (C=O) groups excluding carboxylic acids is 2. The van der Waals surface area contributed by atoms with Crippen LogP contribution in [-0.4, -0.2) is 64.3 Å². The van der Waals surface area contributed by atoms with Crippen LogP contribution in [0.3, 0.4) is 0 Å². The highest BCUT2D eigenvalue weighted by molar-refractivity contribution is 7.18. The molecular weight excluding hydrogens is 489 g/mol. The first-order chi connectivity index (χ1) is 16.8. The number of carbonyl (C=O) groups is 2. The van der Waals surface area contributed by atoms with Crippen molar-refractivity contribution in [3.05, 3.63) is 28.8 Å². The highest BCUT2D eigenvalue weighted by atomic mass is 32.1. The number of benzene rings is 1. The molecule has 8 nitrogen and oxygen atoms in total. The summed E-state index contributed by atoms with van der Waals surface area (Å²) in [6.45, 7) is 7.97. The normalized spacial score (nSPS) is 36.3. The van der Waals surface area contributed by atoms with Gasteiger partial charge in [-0.1, -0.05) is 33.8 Å². The van der Waals surface area contributed by atoms with Gasteiger partial charge in [-0.05, 0) is 24.6 Å². The summed E-state index contributed by atoms with van der Waals surface area (Å²) in [6.07, 6.45) is -4.48. The van der Waals surface area contributed by atoms with E-state index in [-0.39, 0.29) is 25.4 Å². The Hall–Kier alpha value is -1.98. The third-order valence-corrected chi connectivity index (χ3v) is 8.32. The van der Waals surface area contributed by atoms with Gasteiger partial charge in [-0.15, -0.1) is 11.3 Å². The molecule has 0 bridgehead atoms. The van der Waals surface area contributed by atoms with E-state index in [9.17, 15) is 19.8 Å². The summed E-state index contributed by atoms with van der Waals surface area (Å²) < 4.78 is 32.7. The Morgan fingerprint density at radius 3 is 2.64 bits per heavy atom. The Morgan fingerprint density at radius 1 is 1.19 bits per heavy atom. The molecule has 2 saturated heterocycles. The molecule has 198 valence electrons. The van der Waals surface area contributed by atoms with E-state index in [0.29, 0.717) is 5.56 Å². The zero-order valence-corrected chi connectivity index (χ0v) is 22.0. The number of aromatic nitrogens is 1. The number of Topliss-reactive ketones (excluding diaryl/α,β-unsaturated/α-hetero) is 1. The fourth-order valence-electron chi connectivity index (χ4n) is 4.76. The van der Waals surface area contributed by atoms with Crippen LogP contribution in [0.5, 0.6) is 0 Å². The van der Waals surface area contributed by atoms with Gasteiger partial charge in [0.25, 0.3) is 5.85 Å². The Balaban J connectivity index is 1.61. The Morgan fingerprint density at radius 2 is 1.92 bits per heavy atom. The lowest BCUT2D eigenvalue weighted by Crippen LogP contribution is -2.46. The molecule has 2 aliphatic rings. The number of thiazole rings is 1. The first kappa shape index (κ1) is 27.1. The zero-order chi connectivity index (χ0) is 26.4. The fraction of sp³-hybridized carbons (Fsp3) is 0.654. The quantitative estimate of drug-likeness (QED) is 0.430. The van der Waals surface area contributed by atoms with Crippen molar-refractivity contribution in [2.45, 2.75) is 77.7 Å². The Labute approximate surface area is 213 Å².